The highest BCUT2D eigenvalue weighted by molar-refractivity contribution is 7.88. The topological polar surface area (TPSA) is 34.1 Å². The largest absolute Gasteiger partial charge is 0.295 e. The van der Waals surface area contributed by atoms with Gasteiger partial charge in [-0.2, -0.15) is 0 Å². The lowest BCUT2D eigenvalue weighted by Gasteiger charge is -1.97. The van der Waals surface area contributed by atoms with Crippen molar-refractivity contribution in [3.05, 3.63) is 41.3 Å². The molecule has 0 aromatic heterocycles. The smallest absolute Gasteiger partial charge is 0.156 e. The molecule has 0 unspecified atom stereocenters. The van der Waals surface area contributed by atoms with Crippen LogP contribution in [0.1, 0.15) is 25.3 Å². The van der Waals surface area contributed by atoms with Crippen LogP contribution < -0.4 is 0 Å². The Morgan fingerprint density at radius 1 is 1.31 bits per heavy atom. The summed E-state index contributed by atoms with van der Waals surface area (Å²) in [6.07, 6.45) is 2.75. The lowest BCUT2D eigenvalue weighted by molar-refractivity contribution is -0.114. The predicted octanol–water partition coefficient (Wildman–Crippen LogP) is 2.99. The molecule has 0 bridgehead atoms. The highest BCUT2D eigenvalue weighted by atomic mass is 32.2. The van der Waals surface area contributed by atoms with E-state index in [4.69, 9.17) is 0 Å². The monoisotopic (exact) mass is 236 g/mol. The number of aryl methyl sites for hydroxylation is 1. The van der Waals surface area contributed by atoms with Gasteiger partial charge < -0.3 is 0 Å². The fraction of sp³-hybridized carbons (Fsp3) is 0.308. The summed E-state index contributed by atoms with van der Waals surface area (Å²) in [5.74, 6) is 0.0305. The second-order valence-corrected chi connectivity index (χ2v) is 4.97. The summed E-state index contributed by atoms with van der Waals surface area (Å²) in [5.41, 5.74) is 1.13. The van der Waals surface area contributed by atoms with Gasteiger partial charge in [-0.15, -0.1) is 0 Å². The lowest BCUT2D eigenvalue weighted by atomic mass is 10.2. The molecule has 1 rings (SSSR count). The third-order valence-electron chi connectivity index (χ3n) is 2.13. The van der Waals surface area contributed by atoms with E-state index in [1.807, 2.05) is 38.1 Å². The summed E-state index contributed by atoms with van der Waals surface area (Å²) in [6.45, 7) is 3.93. The number of allylic oxidation sites excluding steroid dienone is 1. The van der Waals surface area contributed by atoms with Crippen molar-refractivity contribution in [1.82, 2.24) is 0 Å². The standard InChI is InChI=1S/C13H16O2S/c1-3-4-12(14)9-10-16(15)13-7-5-11(2)6-8-13/h5-10H,3-4H2,1-2H3/b10-9+/t16-/m1/s1. The van der Waals surface area contributed by atoms with Crippen LogP contribution in [0, 0.1) is 6.92 Å². The number of ketones is 1. The number of hydrogen-bond donors (Lipinski definition) is 0. The van der Waals surface area contributed by atoms with Gasteiger partial charge in [0.25, 0.3) is 0 Å². The second kappa shape index (κ2) is 6.38. The maximum atomic E-state index is 11.7. The van der Waals surface area contributed by atoms with Gasteiger partial charge in [0.15, 0.2) is 5.78 Å². The van der Waals surface area contributed by atoms with Crippen molar-refractivity contribution >= 4 is 16.6 Å². The molecule has 1 atom stereocenters. The summed E-state index contributed by atoms with van der Waals surface area (Å²) < 4.78 is 11.7. The molecule has 0 aliphatic rings. The van der Waals surface area contributed by atoms with Crippen LogP contribution in [0.5, 0.6) is 0 Å². The maximum absolute atomic E-state index is 11.7. The number of benzene rings is 1. The van der Waals surface area contributed by atoms with Gasteiger partial charge in [-0.05, 0) is 31.6 Å². The van der Waals surface area contributed by atoms with Gasteiger partial charge in [-0.3, -0.25) is 4.79 Å². The molecule has 2 nitrogen and oxygen atoms in total. The zero-order chi connectivity index (χ0) is 12.0. The SMILES string of the molecule is CCCC(=O)/C=C/[S@@](=O)c1ccc(C)cc1. The Labute approximate surface area is 98.8 Å². The van der Waals surface area contributed by atoms with Gasteiger partial charge >= 0.3 is 0 Å². The molecule has 0 aliphatic heterocycles. The van der Waals surface area contributed by atoms with E-state index in [-0.39, 0.29) is 5.78 Å². The van der Waals surface area contributed by atoms with Gasteiger partial charge in [0.05, 0.1) is 10.8 Å². The fourth-order valence-corrected chi connectivity index (χ4v) is 2.06. The van der Waals surface area contributed by atoms with Gasteiger partial charge in [-0.1, -0.05) is 24.6 Å². The van der Waals surface area contributed by atoms with E-state index in [1.165, 1.54) is 11.5 Å². The summed E-state index contributed by atoms with van der Waals surface area (Å²) >= 11 is 0. The van der Waals surface area contributed by atoms with E-state index in [9.17, 15) is 9.00 Å². The van der Waals surface area contributed by atoms with Crippen LogP contribution in [0.2, 0.25) is 0 Å². The Morgan fingerprint density at radius 2 is 1.94 bits per heavy atom. The minimum Gasteiger partial charge on any atom is -0.295 e. The van der Waals surface area contributed by atoms with Crippen LogP contribution in [-0.2, 0) is 15.6 Å². The molecule has 0 amide bonds. The molecule has 0 heterocycles. The Morgan fingerprint density at radius 3 is 2.50 bits per heavy atom. The molecule has 0 spiro atoms. The molecule has 0 radical (unpaired) electrons. The van der Waals surface area contributed by atoms with Crippen LogP contribution in [-0.4, -0.2) is 9.99 Å². The normalized spacial score (nSPS) is 12.9. The minimum atomic E-state index is -1.22. The third-order valence-corrected chi connectivity index (χ3v) is 3.25. The molecule has 0 fully saturated rings. The second-order valence-electron chi connectivity index (χ2n) is 3.63. The summed E-state index contributed by atoms with van der Waals surface area (Å²) in [6, 6.07) is 7.46. The number of carbonyl (C=O) groups excluding carboxylic acids is 1. The Kier molecular flexibility index (Phi) is 5.12. The molecular formula is C13H16O2S. The summed E-state index contributed by atoms with van der Waals surface area (Å²) in [7, 11) is -1.22. The minimum absolute atomic E-state index is 0.0305. The van der Waals surface area contributed by atoms with E-state index < -0.39 is 10.8 Å². The highest BCUT2D eigenvalue weighted by Crippen LogP contribution is 2.09. The number of carbonyl (C=O) groups is 1. The molecule has 1 aromatic rings. The van der Waals surface area contributed by atoms with Crippen LogP contribution in [0.3, 0.4) is 0 Å². The van der Waals surface area contributed by atoms with Crippen molar-refractivity contribution in [3.8, 4) is 0 Å². The van der Waals surface area contributed by atoms with Crippen molar-refractivity contribution in [2.75, 3.05) is 0 Å². The molecule has 3 heteroatoms. The van der Waals surface area contributed by atoms with Gasteiger partial charge in [0, 0.05) is 16.7 Å². The van der Waals surface area contributed by atoms with E-state index >= 15 is 0 Å². The van der Waals surface area contributed by atoms with Crippen molar-refractivity contribution in [2.45, 2.75) is 31.6 Å². The van der Waals surface area contributed by atoms with E-state index in [0.29, 0.717) is 6.42 Å². The van der Waals surface area contributed by atoms with Crippen LogP contribution in [0.4, 0.5) is 0 Å². The Bertz CT molecular complexity index is 404. The predicted molar refractivity (Wildman–Crippen MR) is 66.6 cm³/mol. The summed E-state index contributed by atoms with van der Waals surface area (Å²) in [4.78, 5) is 11.9. The quantitative estimate of drug-likeness (QED) is 0.736. The van der Waals surface area contributed by atoms with Crippen molar-refractivity contribution in [2.24, 2.45) is 0 Å². The van der Waals surface area contributed by atoms with Gasteiger partial charge in [-0.25, -0.2) is 4.21 Å². The zero-order valence-electron chi connectivity index (χ0n) is 9.60. The molecule has 1 aromatic carbocycles. The third kappa shape index (κ3) is 4.11. The maximum Gasteiger partial charge on any atom is 0.156 e. The first-order chi connectivity index (χ1) is 7.63. The molecule has 0 aliphatic carbocycles. The highest BCUT2D eigenvalue weighted by Gasteiger charge is 2.00. The first-order valence-electron chi connectivity index (χ1n) is 5.31. The molecule has 16 heavy (non-hydrogen) atoms. The molecular weight excluding hydrogens is 220 g/mol. The average molecular weight is 236 g/mol. The van der Waals surface area contributed by atoms with Crippen molar-refractivity contribution in [1.29, 1.82) is 0 Å². The van der Waals surface area contributed by atoms with Crippen molar-refractivity contribution < 1.29 is 9.00 Å². The Balaban J connectivity index is 2.65. The number of hydrogen-bond acceptors (Lipinski definition) is 2. The average Bonchev–Trinajstić information content (AvgIpc) is 2.27. The molecule has 0 saturated heterocycles. The van der Waals surface area contributed by atoms with Crippen molar-refractivity contribution in [3.63, 3.8) is 0 Å². The lowest BCUT2D eigenvalue weighted by Crippen LogP contribution is -1.92. The van der Waals surface area contributed by atoms with E-state index in [0.717, 1.165) is 16.9 Å². The Hall–Kier alpha value is -1.22. The fourth-order valence-electron chi connectivity index (χ4n) is 1.22. The zero-order valence-corrected chi connectivity index (χ0v) is 10.4. The van der Waals surface area contributed by atoms with E-state index in [1.54, 1.807) is 0 Å². The van der Waals surface area contributed by atoms with Gasteiger partial charge in [0.1, 0.15) is 0 Å². The first-order valence-corrected chi connectivity index (χ1v) is 6.53. The first kappa shape index (κ1) is 12.8. The van der Waals surface area contributed by atoms with Crippen LogP contribution in [0.25, 0.3) is 0 Å². The number of rotatable bonds is 5. The molecule has 0 saturated carbocycles. The van der Waals surface area contributed by atoms with E-state index in [2.05, 4.69) is 0 Å². The van der Waals surface area contributed by atoms with Crippen LogP contribution in [0.15, 0.2) is 40.6 Å². The van der Waals surface area contributed by atoms with Gasteiger partial charge in [0.2, 0.25) is 0 Å². The van der Waals surface area contributed by atoms with Crippen LogP contribution >= 0.6 is 0 Å². The summed E-state index contributed by atoms with van der Waals surface area (Å²) in [5, 5.41) is 1.46. The molecule has 86 valence electrons. The molecule has 0 N–H and O–H groups in total.